The average Bonchev–Trinajstić information content (AvgIpc) is 3.27. The Kier molecular flexibility index (Phi) is 7.36. The van der Waals surface area contributed by atoms with Crippen LogP contribution in [-0.2, 0) is 6.42 Å². The van der Waals surface area contributed by atoms with E-state index in [-0.39, 0.29) is 12.5 Å². The van der Waals surface area contributed by atoms with Gasteiger partial charge in [0.2, 0.25) is 0 Å². The first-order valence-corrected chi connectivity index (χ1v) is 11.5. The predicted molar refractivity (Wildman–Crippen MR) is 135 cm³/mol. The molecule has 0 aliphatic heterocycles. The summed E-state index contributed by atoms with van der Waals surface area (Å²) in [6.07, 6.45) is 2.35. The lowest BCUT2D eigenvalue weighted by Crippen LogP contribution is -2.39. The molecule has 6 nitrogen and oxygen atoms in total. The fraction of sp³-hybridized carbons (Fsp3) is 0.250. The minimum absolute atomic E-state index is 0.227. The molecule has 1 heterocycles. The molecule has 0 aliphatic rings. The first-order valence-electron chi connectivity index (χ1n) is 11.5. The maximum atomic E-state index is 14.2. The van der Waals surface area contributed by atoms with E-state index in [2.05, 4.69) is 10.3 Å². The summed E-state index contributed by atoms with van der Waals surface area (Å²) in [5, 5.41) is 14.0. The van der Waals surface area contributed by atoms with Crippen molar-refractivity contribution in [3.05, 3.63) is 83.3 Å². The molecule has 0 spiro atoms. The molecule has 7 heteroatoms. The highest BCUT2D eigenvalue weighted by Gasteiger charge is 2.21. The minimum Gasteiger partial charge on any atom is -0.497 e. The van der Waals surface area contributed by atoms with Crippen LogP contribution in [0.15, 0.2) is 60.8 Å². The zero-order chi connectivity index (χ0) is 24.9. The molecule has 1 aromatic heterocycles. The van der Waals surface area contributed by atoms with E-state index in [1.165, 1.54) is 19.2 Å². The molecule has 0 saturated carbocycles. The van der Waals surface area contributed by atoms with Crippen LogP contribution in [0.3, 0.4) is 0 Å². The zero-order valence-corrected chi connectivity index (χ0v) is 20.0. The molecule has 3 N–H and O–H groups in total. The van der Waals surface area contributed by atoms with E-state index in [4.69, 9.17) is 9.47 Å². The molecule has 0 radical (unpaired) electrons. The Hall–Kier alpha value is -3.84. The van der Waals surface area contributed by atoms with Crippen LogP contribution in [0.4, 0.5) is 4.39 Å². The highest BCUT2D eigenvalue weighted by atomic mass is 19.1. The number of benzene rings is 3. The number of carbonyl (C=O) groups is 1. The Morgan fingerprint density at radius 1 is 1.14 bits per heavy atom. The van der Waals surface area contributed by atoms with Crippen LogP contribution < -0.4 is 14.8 Å². The normalized spacial score (nSPS) is 11.9. The molecule has 3 aromatic carbocycles. The van der Waals surface area contributed by atoms with Gasteiger partial charge in [-0.25, -0.2) is 4.39 Å². The maximum absolute atomic E-state index is 14.2. The number of halogens is 1. The zero-order valence-electron chi connectivity index (χ0n) is 20.0. The van der Waals surface area contributed by atoms with Crippen LogP contribution in [0.25, 0.3) is 22.0 Å². The van der Waals surface area contributed by atoms with Crippen LogP contribution in [0, 0.1) is 12.7 Å². The van der Waals surface area contributed by atoms with Gasteiger partial charge in [0.15, 0.2) is 0 Å². The molecule has 35 heavy (non-hydrogen) atoms. The molecule has 1 atom stereocenters. The number of para-hydroxylation sites is 1. The highest BCUT2D eigenvalue weighted by Crippen LogP contribution is 2.33. The predicted octanol–water partition coefficient (Wildman–Crippen LogP) is 5.02. The second-order valence-corrected chi connectivity index (χ2v) is 8.40. The number of aromatic nitrogens is 1. The molecule has 0 bridgehead atoms. The van der Waals surface area contributed by atoms with Gasteiger partial charge in [0.25, 0.3) is 5.91 Å². The van der Waals surface area contributed by atoms with Crippen molar-refractivity contribution in [1.82, 2.24) is 10.3 Å². The fourth-order valence-corrected chi connectivity index (χ4v) is 4.28. The van der Waals surface area contributed by atoms with Crippen LogP contribution >= 0.6 is 0 Å². The molecule has 182 valence electrons. The van der Waals surface area contributed by atoms with E-state index in [1.54, 1.807) is 12.1 Å². The first kappa shape index (κ1) is 24.3. The molecule has 0 saturated heterocycles. The third kappa shape index (κ3) is 5.30. The number of fused-ring (bicyclic) bond motifs is 1. The Morgan fingerprint density at radius 2 is 1.91 bits per heavy atom. The Bertz CT molecular complexity index is 1350. The van der Waals surface area contributed by atoms with Gasteiger partial charge in [-0.1, -0.05) is 18.2 Å². The standard InChI is InChI=1S/C28H29FN2O4/c1-4-35-27-17(2)9-18(19-10-21(29)14-23(12-19)34-3)13-25(27)28(33)31-22(16-32)11-20-15-30-26-8-6-5-7-24(20)26/h5-10,12-15,22,30,32H,4,11,16H2,1-3H3,(H,31,33)/t22-/m1/s1. The molecule has 0 aliphatic carbocycles. The van der Waals surface area contributed by atoms with Crippen molar-refractivity contribution in [2.75, 3.05) is 20.3 Å². The van der Waals surface area contributed by atoms with Crippen LogP contribution in [-0.4, -0.2) is 42.4 Å². The summed E-state index contributed by atoms with van der Waals surface area (Å²) in [6.45, 7) is 3.85. The van der Waals surface area contributed by atoms with Gasteiger partial charge in [-0.3, -0.25) is 4.79 Å². The summed E-state index contributed by atoms with van der Waals surface area (Å²) in [5.74, 6) is 0.0362. The number of nitrogens with one attached hydrogen (secondary N) is 2. The van der Waals surface area contributed by atoms with Crippen molar-refractivity contribution in [2.24, 2.45) is 0 Å². The number of hydrogen-bond acceptors (Lipinski definition) is 4. The van der Waals surface area contributed by atoms with Gasteiger partial charge in [-0.15, -0.1) is 0 Å². The number of ether oxygens (including phenoxy) is 2. The van der Waals surface area contributed by atoms with E-state index in [0.29, 0.717) is 41.2 Å². The summed E-state index contributed by atoms with van der Waals surface area (Å²) in [7, 11) is 1.48. The Labute approximate surface area is 203 Å². The van der Waals surface area contributed by atoms with E-state index < -0.39 is 11.9 Å². The van der Waals surface area contributed by atoms with Gasteiger partial charge in [0, 0.05) is 23.2 Å². The second-order valence-electron chi connectivity index (χ2n) is 8.40. The van der Waals surface area contributed by atoms with E-state index in [1.807, 2.05) is 50.4 Å². The Balaban J connectivity index is 1.66. The van der Waals surface area contributed by atoms with Crippen molar-refractivity contribution in [2.45, 2.75) is 26.3 Å². The lowest BCUT2D eigenvalue weighted by atomic mass is 9.97. The molecule has 0 unspecified atom stereocenters. The van der Waals surface area contributed by atoms with Gasteiger partial charge in [-0.05, 0) is 72.9 Å². The lowest BCUT2D eigenvalue weighted by Gasteiger charge is -2.19. The van der Waals surface area contributed by atoms with Gasteiger partial charge in [0.05, 0.1) is 31.9 Å². The SMILES string of the molecule is CCOc1c(C)cc(-c2cc(F)cc(OC)c2)cc1C(=O)N[C@@H](CO)Cc1c[nH]c2ccccc12. The number of H-pyrrole nitrogens is 1. The minimum atomic E-state index is -0.505. The summed E-state index contributed by atoms with van der Waals surface area (Å²) in [6, 6.07) is 15.3. The first-order chi connectivity index (χ1) is 16.9. The highest BCUT2D eigenvalue weighted by molar-refractivity contribution is 5.99. The second kappa shape index (κ2) is 10.6. The van der Waals surface area contributed by atoms with Gasteiger partial charge >= 0.3 is 0 Å². The molecule has 4 rings (SSSR count). The average molecular weight is 477 g/mol. The van der Waals surface area contributed by atoms with E-state index in [0.717, 1.165) is 22.0 Å². The van der Waals surface area contributed by atoms with Gasteiger partial charge in [0.1, 0.15) is 17.3 Å². The largest absolute Gasteiger partial charge is 0.497 e. The fourth-order valence-electron chi connectivity index (χ4n) is 4.28. The molecular weight excluding hydrogens is 447 g/mol. The van der Waals surface area contributed by atoms with Crippen LogP contribution in [0.2, 0.25) is 0 Å². The monoisotopic (exact) mass is 476 g/mol. The molecule has 4 aromatic rings. The van der Waals surface area contributed by atoms with Crippen molar-refractivity contribution >= 4 is 16.8 Å². The summed E-state index contributed by atoms with van der Waals surface area (Å²) in [5.41, 5.74) is 4.31. The van der Waals surface area contributed by atoms with Gasteiger partial charge in [-0.2, -0.15) is 0 Å². The number of aromatic amines is 1. The third-order valence-electron chi connectivity index (χ3n) is 5.95. The van der Waals surface area contributed by atoms with Crippen molar-refractivity contribution < 1.29 is 23.8 Å². The number of carbonyl (C=O) groups excluding carboxylic acids is 1. The molecule has 1 amide bonds. The number of rotatable bonds is 9. The smallest absolute Gasteiger partial charge is 0.255 e. The number of amides is 1. The number of methoxy groups -OCH3 is 1. The topological polar surface area (TPSA) is 83.6 Å². The van der Waals surface area contributed by atoms with Crippen molar-refractivity contribution in [3.63, 3.8) is 0 Å². The third-order valence-corrected chi connectivity index (χ3v) is 5.95. The summed E-state index contributed by atoms with van der Waals surface area (Å²) in [4.78, 5) is 16.6. The molecule has 0 fully saturated rings. The summed E-state index contributed by atoms with van der Waals surface area (Å²) < 4.78 is 25.2. The van der Waals surface area contributed by atoms with Crippen molar-refractivity contribution in [3.8, 4) is 22.6 Å². The molecular formula is C28H29FN2O4. The van der Waals surface area contributed by atoms with Crippen molar-refractivity contribution in [1.29, 1.82) is 0 Å². The van der Waals surface area contributed by atoms with Gasteiger partial charge < -0.3 is 24.9 Å². The Morgan fingerprint density at radius 3 is 2.66 bits per heavy atom. The summed E-state index contributed by atoms with van der Waals surface area (Å²) >= 11 is 0. The maximum Gasteiger partial charge on any atom is 0.255 e. The quantitative estimate of drug-likeness (QED) is 0.317. The van der Waals surface area contributed by atoms with Crippen LogP contribution in [0.1, 0.15) is 28.4 Å². The number of aliphatic hydroxyl groups excluding tert-OH is 1. The number of hydrogen-bond donors (Lipinski definition) is 3. The number of aliphatic hydroxyl groups is 1. The van der Waals surface area contributed by atoms with E-state index in [9.17, 15) is 14.3 Å². The van der Waals surface area contributed by atoms with E-state index >= 15 is 0 Å². The lowest BCUT2D eigenvalue weighted by molar-refractivity contribution is 0.0912. The number of aryl methyl sites for hydroxylation is 1. The van der Waals surface area contributed by atoms with Crippen LogP contribution in [0.5, 0.6) is 11.5 Å².